The lowest BCUT2D eigenvalue weighted by atomic mass is 9.60. The SMILES string of the molecule is C/C=C(\C=C/C1=NC=CC1)c1c[nH]c2nc(NC3CC4(CCN(C(C)=O)CC4)C3)ncc12. The molecule has 7 nitrogen and oxygen atoms in total. The Morgan fingerprint density at radius 2 is 2.12 bits per heavy atom. The molecular formula is C25H30N6O. The van der Waals surface area contributed by atoms with Gasteiger partial charge in [-0.1, -0.05) is 18.2 Å². The number of rotatable bonds is 5. The monoisotopic (exact) mass is 430 g/mol. The molecule has 1 saturated heterocycles. The predicted molar refractivity (Wildman–Crippen MR) is 128 cm³/mol. The van der Waals surface area contributed by atoms with Crippen molar-refractivity contribution >= 4 is 34.2 Å². The molecule has 1 saturated carbocycles. The summed E-state index contributed by atoms with van der Waals surface area (Å²) in [5.41, 5.74) is 4.51. The van der Waals surface area contributed by atoms with E-state index >= 15 is 0 Å². The van der Waals surface area contributed by atoms with Crippen molar-refractivity contribution in [1.82, 2.24) is 19.9 Å². The number of allylic oxidation sites excluding steroid dienone is 5. The molecule has 2 aliphatic heterocycles. The molecule has 0 atom stereocenters. The molecule has 3 aliphatic rings. The number of fused-ring (bicyclic) bond motifs is 1. The predicted octanol–water partition coefficient (Wildman–Crippen LogP) is 4.48. The van der Waals surface area contributed by atoms with Crippen LogP contribution in [-0.2, 0) is 4.79 Å². The number of nitrogens with one attached hydrogen (secondary N) is 2. The van der Waals surface area contributed by atoms with Gasteiger partial charge in [0.2, 0.25) is 11.9 Å². The second-order valence-electron chi connectivity index (χ2n) is 9.20. The first-order chi connectivity index (χ1) is 15.5. The number of likely N-dealkylation sites (tertiary alicyclic amines) is 1. The molecule has 1 spiro atoms. The minimum atomic E-state index is 0.196. The van der Waals surface area contributed by atoms with Crippen LogP contribution < -0.4 is 5.32 Å². The highest BCUT2D eigenvalue weighted by Crippen LogP contribution is 2.49. The number of aromatic nitrogens is 3. The number of aliphatic imine (C=N–C) groups is 1. The third kappa shape index (κ3) is 3.99. The lowest BCUT2D eigenvalue weighted by molar-refractivity contribution is -0.132. The van der Waals surface area contributed by atoms with Crippen LogP contribution in [0.5, 0.6) is 0 Å². The molecule has 4 heterocycles. The van der Waals surface area contributed by atoms with E-state index in [0.717, 1.165) is 73.1 Å². The molecular weight excluding hydrogens is 400 g/mol. The first-order valence-electron chi connectivity index (χ1n) is 11.5. The number of carbonyl (C=O) groups excluding carboxylic acids is 1. The highest BCUT2D eigenvalue weighted by atomic mass is 16.2. The lowest BCUT2D eigenvalue weighted by Gasteiger charge is -2.52. The largest absolute Gasteiger partial charge is 0.351 e. The summed E-state index contributed by atoms with van der Waals surface area (Å²) in [5, 5.41) is 4.53. The Bertz CT molecular complexity index is 1140. The second-order valence-corrected chi connectivity index (χ2v) is 9.20. The number of anilines is 1. The molecule has 0 aromatic carbocycles. The Labute approximate surface area is 188 Å². The summed E-state index contributed by atoms with van der Waals surface area (Å²) in [7, 11) is 0. The van der Waals surface area contributed by atoms with Gasteiger partial charge in [0.15, 0.2) is 0 Å². The smallest absolute Gasteiger partial charge is 0.224 e. The van der Waals surface area contributed by atoms with Crippen molar-refractivity contribution in [3.05, 3.63) is 48.5 Å². The fourth-order valence-corrected chi connectivity index (χ4v) is 5.20. The first-order valence-corrected chi connectivity index (χ1v) is 11.5. The number of carbonyl (C=O) groups is 1. The van der Waals surface area contributed by atoms with E-state index in [9.17, 15) is 4.79 Å². The molecule has 7 heteroatoms. The molecule has 166 valence electrons. The van der Waals surface area contributed by atoms with Gasteiger partial charge in [-0.2, -0.15) is 4.98 Å². The molecule has 2 aromatic heterocycles. The van der Waals surface area contributed by atoms with Crippen LogP contribution in [0.3, 0.4) is 0 Å². The number of H-pyrrole nitrogens is 1. The molecule has 2 fully saturated rings. The Kier molecular flexibility index (Phi) is 5.41. The van der Waals surface area contributed by atoms with Gasteiger partial charge in [0.05, 0.1) is 0 Å². The molecule has 5 rings (SSSR count). The molecule has 2 aromatic rings. The summed E-state index contributed by atoms with van der Waals surface area (Å²) < 4.78 is 0. The van der Waals surface area contributed by atoms with E-state index in [0.29, 0.717) is 17.4 Å². The zero-order valence-electron chi connectivity index (χ0n) is 18.8. The first kappa shape index (κ1) is 20.7. The van der Waals surface area contributed by atoms with E-state index in [1.54, 1.807) is 6.92 Å². The number of hydrogen-bond acceptors (Lipinski definition) is 5. The third-order valence-corrected chi connectivity index (χ3v) is 7.14. The van der Waals surface area contributed by atoms with Gasteiger partial charge in [0.1, 0.15) is 5.65 Å². The Balaban J connectivity index is 1.22. The summed E-state index contributed by atoms with van der Waals surface area (Å²) in [6.45, 7) is 5.49. The van der Waals surface area contributed by atoms with Gasteiger partial charge < -0.3 is 15.2 Å². The van der Waals surface area contributed by atoms with E-state index in [1.807, 2.05) is 30.4 Å². The number of nitrogens with zero attached hydrogens (tertiary/aromatic N) is 4. The van der Waals surface area contributed by atoms with E-state index in [4.69, 9.17) is 4.98 Å². The maximum atomic E-state index is 11.6. The van der Waals surface area contributed by atoms with Crippen LogP contribution in [0.4, 0.5) is 5.95 Å². The van der Waals surface area contributed by atoms with Crippen molar-refractivity contribution in [2.45, 2.75) is 52.0 Å². The average Bonchev–Trinajstić information content (AvgIpc) is 3.44. The van der Waals surface area contributed by atoms with Crippen LogP contribution in [-0.4, -0.2) is 50.6 Å². The summed E-state index contributed by atoms with van der Waals surface area (Å²) >= 11 is 0. The lowest BCUT2D eigenvalue weighted by Crippen LogP contribution is -2.52. The number of amides is 1. The van der Waals surface area contributed by atoms with Crippen molar-refractivity contribution in [3.8, 4) is 0 Å². The minimum absolute atomic E-state index is 0.196. The number of piperidine rings is 1. The summed E-state index contributed by atoms with van der Waals surface area (Å²) in [5.74, 6) is 0.873. The third-order valence-electron chi connectivity index (χ3n) is 7.14. The Morgan fingerprint density at radius 1 is 1.31 bits per heavy atom. The van der Waals surface area contributed by atoms with Gasteiger partial charge in [-0.05, 0) is 49.7 Å². The molecule has 1 aliphatic carbocycles. The molecule has 2 N–H and O–H groups in total. The van der Waals surface area contributed by atoms with Gasteiger partial charge in [0.25, 0.3) is 0 Å². The van der Waals surface area contributed by atoms with E-state index in [1.165, 1.54) is 0 Å². The van der Waals surface area contributed by atoms with E-state index in [2.05, 4.69) is 44.6 Å². The number of aromatic amines is 1. The molecule has 32 heavy (non-hydrogen) atoms. The van der Waals surface area contributed by atoms with Crippen molar-refractivity contribution in [1.29, 1.82) is 0 Å². The molecule has 0 bridgehead atoms. The summed E-state index contributed by atoms with van der Waals surface area (Å²) in [4.78, 5) is 30.5. The van der Waals surface area contributed by atoms with Crippen molar-refractivity contribution in [2.75, 3.05) is 18.4 Å². The molecule has 0 unspecified atom stereocenters. The fraction of sp³-hybridized carbons (Fsp3) is 0.440. The van der Waals surface area contributed by atoms with Crippen LogP contribution in [0.1, 0.15) is 51.5 Å². The number of hydrogen-bond donors (Lipinski definition) is 2. The summed E-state index contributed by atoms with van der Waals surface area (Å²) in [6, 6.07) is 0.403. The normalized spacial score (nSPS) is 20.9. The maximum absolute atomic E-state index is 11.6. The average molecular weight is 431 g/mol. The van der Waals surface area contributed by atoms with Crippen molar-refractivity contribution < 1.29 is 4.79 Å². The zero-order chi connectivity index (χ0) is 22.1. The highest BCUT2D eigenvalue weighted by molar-refractivity contribution is 6.01. The minimum Gasteiger partial charge on any atom is -0.351 e. The molecule has 1 amide bonds. The fourth-order valence-electron chi connectivity index (χ4n) is 5.20. The zero-order valence-corrected chi connectivity index (χ0v) is 18.8. The maximum Gasteiger partial charge on any atom is 0.224 e. The van der Waals surface area contributed by atoms with Crippen molar-refractivity contribution in [3.63, 3.8) is 0 Å². The van der Waals surface area contributed by atoms with Gasteiger partial charge in [0, 0.05) is 67.7 Å². The van der Waals surface area contributed by atoms with Crippen LogP contribution in [0.25, 0.3) is 16.6 Å². The Hall–Kier alpha value is -3.22. The quantitative estimate of drug-likeness (QED) is 0.685. The van der Waals surface area contributed by atoms with Gasteiger partial charge >= 0.3 is 0 Å². The van der Waals surface area contributed by atoms with Gasteiger partial charge in [-0.15, -0.1) is 0 Å². The van der Waals surface area contributed by atoms with Crippen LogP contribution in [0.2, 0.25) is 0 Å². The Morgan fingerprint density at radius 3 is 2.81 bits per heavy atom. The molecule has 0 radical (unpaired) electrons. The van der Waals surface area contributed by atoms with E-state index in [-0.39, 0.29) is 5.91 Å². The highest BCUT2D eigenvalue weighted by Gasteiger charge is 2.46. The van der Waals surface area contributed by atoms with E-state index < -0.39 is 0 Å². The topological polar surface area (TPSA) is 86.3 Å². The standard InChI is InChI=1S/C25H30N6O/c1-3-18(6-7-19-5-4-10-26-19)21-15-27-23-22(21)16-28-24(30-23)29-20-13-25(14-20)8-11-31(12-9-25)17(2)32/h3-4,6-7,10,15-16,20H,5,8-9,11-14H2,1-2H3,(H2,27,28,29,30)/b7-6-,18-3+. The van der Waals surface area contributed by atoms with Crippen LogP contribution in [0.15, 0.2) is 47.9 Å². The van der Waals surface area contributed by atoms with Crippen LogP contribution >= 0.6 is 0 Å². The van der Waals surface area contributed by atoms with Gasteiger partial charge in [-0.3, -0.25) is 9.79 Å². The van der Waals surface area contributed by atoms with Gasteiger partial charge in [-0.25, -0.2) is 4.98 Å². The summed E-state index contributed by atoms with van der Waals surface area (Å²) in [6.07, 6.45) is 19.4. The second kappa shape index (κ2) is 8.37. The van der Waals surface area contributed by atoms with Crippen LogP contribution in [0, 0.1) is 5.41 Å². The van der Waals surface area contributed by atoms with Crippen molar-refractivity contribution in [2.24, 2.45) is 10.4 Å².